The molecule has 8 nitrogen and oxygen atoms in total. The van der Waals surface area contributed by atoms with Gasteiger partial charge in [-0.2, -0.15) is 0 Å². The minimum atomic E-state index is -4.43. The van der Waals surface area contributed by atoms with Gasteiger partial charge in [0.1, 0.15) is 43.2 Å². The summed E-state index contributed by atoms with van der Waals surface area (Å²) in [6.45, 7) is 4.43. The average Bonchev–Trinajstić information content (AvgIpc) is 3.09. The van der Waals surface area contributed by atoms with E-state index < -0.39 is 20.2 Å². The molecule has 0 bridgehead atoms. The molecule has 4 rings (SSSR count). The molecule has 0 aliphatic rings. The molecule has 0 saturated heterocycles. The van der Waals surface area contributed by atoms with Gasteiger partial charge >= 0.3 is 37.7 Å². The number of aryl methyl sites for hydroxylation is 2. The maximum absolute atomic E-state index is 11.0. The van der Waals surface area contributed by atoms with Gasteiger partial charge in [-0.1, -0.05) is 114 Å². The summed E-state index contributed by atoms with van der Waals surface area (Å²) in [6, 6.07) is 26.8. The molecule has 11 heteroatoms. The Balaban J connectivity index is 0.000000347. The zero-order valence-electron chi connectivity index (χ0n) is 29.9. The summed E-state index contributed by atoms with van der Waals surface area (Å²) in [5.41, 5.74) is 2.28. The molecule has 0 heterocycles. The van der Waals surface area contributed by atoms with Crippen LogP contribution >= 0.6 is 0 Å². The largest absolute Gasteiger partial charge is 2.00 e. The first-order valence-electron chi connectivity index (χ1n) is 17.6. The zero-order valence-corrected chi connectivity index (χ0v) is 33.8. The number of para-hydroxylation sites is 2. The topological polar surface area (TPSA) is 133 Å². The Kier molecular flexibility index (Phi) is 21.0. The third kappa shape index (κ3) is 17.3. The maximum atomic E-state index is 11.0. The van der Waals surface area contributed by atoms with Crippen molar-refractivity contribution in [1.29, 1.82) is 0 Å². The van der Waals surface area contributed by atoms with Crippen molar-refractivity contribution < 1.29 is 35.4 Å². The van der Waals surface area contributed by atoms with Crippen LogP contribution in [0.25, 0.3) is 0 Å². The fourth-order valence-corrected chi connectivity index (χ4v) is 6.35. The second-order valence-corrected chi connectivity index (χ2v) is 15.1. The van der Waals surface area contributed by atoms with Gasteiger partial charge in [-0.15, -0.1) is 0 Å². The Morgan fingerprint density at radius 3 is 1.10 bits per heavy atom. The molecule has 51 heavy (non-hydrogen) atoms. The van der Waals surface area contributed by atoms with Crippen LogP contribution in [0.3, 0.4) is 0 Å². The van der Waals surface area contributed by atoms with E-state index in [1.165, 1.54) is 113 Å². The molecule has 0 unspecified atom stereocenters. The van der Waals surface area contributed by atoms with E-state index in [-0.39, 0.29) is 47.5 Å². The molecule has 0 saturated carbocycles. The van der Waals surface area contributed by atoms with Crippen molar-refractivity contribution in [3.05, 3.63) is 108 Å². The number of hydrogen-bond donors (Lipinski definition) is 0. The van der Waals surface area contributed by atoms with Crippen LogP contribution < -0.4 is 9.47 Å². The molecule has 0 atom stereocenters. The number of rotatable bonds is 20. The second kappa shape index (κ2) is 24.0. The Morgan fingerprint density at radius 1 is 0.451 bits per heavy atom. The maximum Gasteiger partial charge on any atom is 2.00 e. The Labute approximate surface area is 335 Å². The van der Waals surface area contributed by atoms with Crippen LogP contribution in [0.5, 0.6) is 23.0 Å². The molecule has 272 valence electrons. The number of benzene rings is 4. The first kappa shape index (κ1) is 44.7. The van der Waals surface area contributed by atoms with Crippen molar-refractivity contribution in [2.45, 2.75) is 114 Å². The van der Waals surface area contributed by atoms with Gasteiger partial charge in [-0.3, -0.25) is 0 Å². The van der Waals surface area contributed by atoms with E-state index in [4.69, 9.17) is 9.47 Å². The Morgan fingerprint density at radius 2 is 0.765 bits per heavy atom. The van der Waals surface area contributed by atoms with Crippen molar-refractivity contribution in [3.63, 3.8) is 0 Å². The van der Waals surface area contributed by atoms with Crippen molar-refractivity contribution in [3.8, 4) is 23.0 Å². The van der Waals surface area contributed by atoms with Gasteiger partial charge in [0, 0.05) is 0 Å². The summed E-state index contributed by atoms with van der Waals surface area (Å²) in [5.74, 6) is 2.58. The molecule has 0 spiro atoms. The smallest absolute Gasteiger partial charge is 0.744 e. The van der Waals surface area contributed by atoms with E-state index in [0.717, 1.165) is 48.3 Å². The second-order valence-electron chi connectivity index (χ2n) is 12.3. The quantitative estimate of drug-likeness (QED) is 0.0494. The minimum absolute atomic E-state index is 0. The van der Waals surface area contributed by atoms with Crippen LogP contribution in [-0.2, 0) is 33.1 Å². The van der Waals surface area contributed by atoms with Crippen molar-refractivity contribution >= 4 is 58.0 Å². The molecule has 0 N–H and O–H groups in total. The molecular weight excluding hydrogens is 713 g/mol. The minimum Gasteiger partial charge on any atom is -0.744 e. The summed E-state index contributed by atoms with van der Waals surface area (Å²) in [4.78, 5) is -0.500. The summed E-state index contributed by atoms with van der Waals surface area (Å²) < 4.78 is 77.6. The predicted molar refractivity (Wildman–Crippen MR) is 202 cm³/mol. The Bertz CT molecular complexity index is 1640. The molecule has 0 amide bonds. The third-order valence-electron chi connectivity index (χ3n) is 8.22. The van der Waals surface area contributed by atoms with Crippen LogP contribution in [0, 0.1) is 0 Å². The fraction of sp³-hybridized carbons (Fsp3) is 0.400. The molecule has 0 fully saturated rings. The van der Waals surface area contributed by atoms with Crippen LogP contribution in [0.2, 0.25) is 0 Å². The van der Waals surface area contributed by atoms with Gasteiger partial charge < -0.3 is 18.6 Å². The van der Waals surface area contributed by atoms with Gasteiger partial charge in [0.15, 0.2) is 0 Å². The van der Waals surface area contributed by atoms with Gasteiger partial charge in [0.2, 0.25) is 0 Å². The molecule has 0 aliphatic heterocycles. The van der Waals surface area contributed by atoms with Gasteiger partial charge in [-0.05, 0) is 97.5 Å². The molecule has 4 aromatic carbocycles. The van der Waals surface area contributed by atoms with Crippen LogP contribution in [0.4, 0.5) is 0 Å². The van der Waals surface area contributed by atoms with Crippen molar-refractivity contribution in [1.82, 2.24) is 0 Å². The summed E-state index contributed by atoms with van der Waals surface area (Å²) in [7, 11) is -8.86. The summed E-state index contributed by atoms with van der Waals surface area (Å²) in [5, 5.41) is 0. The van der Waals surface area contributed by atoms with E-state index in [1.54, 1.807) is 0 Å². The van der Waals surface area contributed by atoms with Crippen LogP contribution in [0.1, 0.15) is 102 Å². The first-order valence-corrected chi connectivity index (χ1v) is 20.5. The number of unbranched alkanes of at least 4 members (excludes halogenated alkanes) is 10. The van der Waals surface area contributed by atoms with E-state index in [0.29, 0.717) is 11.5 Å². The number of ether oxygens (including phenoxy) is 2. The predicted octanol–water partition coefficient (Wildman–Crippen LogP) is 10.2. The van der Waals surface area contributed by atoms with E-state index in [2.05, 4.69) is 26.0 Å². The molecule has 0 aromatic heterocycles. The summed E-state index contributed by atoms with van der Waals surface area (Å²) >= 11 is 0. The SMILES string of the molecule is CCCCCCCCc1ccccc1Oc1ccc(S(=O)(=O)[O-])cc1.CCCCCCCCc1ccccc1Oc1ccc(S(=O)(=O)[O-])cc1.[Ca+2]. The van der Waals surface area contributed by atoms with Gasteiger partial charge in [0.25, 0.3) is 0 Å². The standard InChI is InChI=1S/2C20H26O4S.Ca/c2*1-2-3-4-5-6-7-10-17-11-8-9-12-20(17)24-18-13-15-19(16-14-18)25(21,22)23;/h2*8-9,11-16H,2-7,10H2,1H3,(H,21,22,23);/q;;+2/p-2. The number of hydrogen-bond acceptors (Lipinski definition) is 8. The van der Waals surface area contributed by atoms with Crippen LogP contribution in [0.15, 0.2) is 107 Å². The zero-order chi connectivity index (χ0) is 36.2. The van der Waals surface area contributed by atoms with Crippen LogP contribution in [-0.4, -0.2) is 63.7 Å². The van der Waals surface area contributed by atoms with Gasteiger partial charge in [0.05, 0.1) is 9.79 Å². The fourth-order valence-electron chi connectivity index (χ4n) is 5.41. The average molecular weight is 763 g/mol. The van der Waals surface area contributed by atoms with E-state index in [9.17, 15) is 25.9 Å². The first-order chi connectivity index (χ1) is 24.0. The van der Waals surface area contributed by atoms with E-state index in [1.807, 2.05) is 36.4 Å². The summed E-state index contributed by atoms with van der Waals surface area (Å²) in [6.07, 6.45) is 16.8. The Hall–Kier alpha value is -2.44. The van der Waals surface area contributed by atoms with E-state index >= 15 is 0 Å². The van der Waals surface area contributed by atoms with Crippen molar-refractivity contribution in [2.75, 3.05) is 0 Å². The third-order valence-corrected chi connectivity index (χ3v) is 9.92. The normalized spacial score (nSPS) is 11.2. The molecule has 0 aliphatic carbocycles. The van der Waals surface area contributed by atoms with Crippen molar-refractivity contribution in [2.24, 2.45) is 0 Å². The monoisotopic (exact) mass is 762 g/mol. The molecule has 4 aromatic rings. The molecule has 0 radical (unpaired) electrons. The molecular formula is C40H50CaO8S2. The van der Waals surface area contributed by atoms with Gasteiger partial charge in [-0.25, -0.2) is 16.8 Å².